The van der Waals surface area contributed by atoms with Gasteiger partial charge in [0.2, 0.25) is 0 Å². The first-order chi connectivity index (χ1) is 6.57. The van der Waals surface area contributed by atoms with E-state index in [1.165, 1.54) is 0 Å². The first-order valence-electron chi connectivity index (χ1n) is 4.80. The van der Waals surface area contributed by atoms with Crippen molar-refractivity contribution in [1.29, 1.82) is 0 Å². The molecule has 0 amide bonds. The van der Waals surface area contributed by atoms with Gasteiger partial charge in [0, 0.05) is 12.7 Å². The number of carboxylic acids is 1. The summed E-state index contributed by atoms with van der Waals surface area (Å²) in [6.45, 7) is 6.55. The van der Waals surface area contributed by atoms with E-state index in [1.54, 1.807) is 12.5 Å². The lowest BCUT2D eigenvalue weighted by Gasteiger charge is -2.17. The zero-order valence-electron chi connectivity index (χ0n) is 8.77. The molecule has 0 fully saturated rings. The van der Waals surface area contributed by atoms with Crippen LogP contribution in [0.1, 0.15) is 32.4 Å². The highest BCUT2D eigenvalue weighted by Gasteiger charge is 2.26. The zero-order chi connectivity index (χ0) is 10.7. The van der Waals surface area contributed by atoms with Crippen LogP contribution in [0.15, 0.2) is 12.5 Å². The molecule has 0 radical (unpaired) electrons. The number of rotatable bonds is 4. The van der Waals surface area contributed by atoms with Crippen molar-refractivity contribution < 1.29 is 9.90 Å². The van der Waals surface area contributed by atoms with Gasteiger partial charge < -0.3 is 9.67 Å². The molecule has 0 aliphatic rings. The molecular weight excluding hydrogens is 180 g/mol. The second-order valence-corrected chi connectivity index (χ2v) is 3.66. The van der Waals surface area contributed by atoms with E-state index >= 15 is 0 Å². The van der Waals surface area contributed by atoms with Crippen molar-refractivity contribution in [1.82, 2.24) is 9.55 Å². The van der Waals surface area contributed by atoms with Gasteiger partial charge in [-0.2, -0.15) is 0 Å². The second kappa shape index (κ2) is 4.26. The van der Waals surface area contributed by atoms with E-state index in [9.17, 15) is 4.79 Å². The molecule has 1 aromatic rings. The Balaban J connectivity index is 3.04. The monoisotopic (exact) mass is 196 g/mol. The summed E-state index contributed by atoms with van der Waals surface area (Å²) < 4.78 is 1.87. The standard InChI is InChI=1S/C10H16N2O2/c1-4-12-6-11-5-8(12)9(7(2)3)10(13)14/h5-7,9H,4H2,1-3H3,(H,13,14). The number of carboxylic acid groups (broad SMARTS) is 1. The topological polar surface area (TPSA) is 55.1 Å². The fourth-order valence-corrected chi connectivity index (χ4v) is 1.61. The highest BCUT2D eigenvalue weighted by atomic mass is 16.4. The summed E-state index contributed by atoms with van der Waals surface area (Å²) >= 11 is 0. The third-order valence-corrected chi connectivity index (χ3v) is 2.34. The molecule has 1 unspecified atom stereocenters. The Kier molecular flexibility index (Phi) is 3.28. The molecule has 0 aromatic carbocycles. The number of nitrogens with zero attached hydrogens (tertiary/aromatic N) is 2. The van der Waals surface area contributed by atoms with Gasteiger partial charge in [-0.15, -0.1) is 0 Å². The van der Waals surface area contributed by atoms with Crippen LogP contribution in [0.5, 0.6) is 0 Å². The SMILES string of the molecule is CCn1cncc1C(C(=O)O)C(C)C. The van der Waals surface area contributed by atoms with Crippen LogP contribution in [0.2, 0.25) is 0 Å². The normalized spacial score (nSPS) is 13.1. The minimum Gasteiger partial charge on any atom is -0.481 e. The van der Waals surface area contributed by atoms with E-state index in [0.29, 0.717) is 0 Å². The van der Waals surface area contributed by atoms with Crippen LogP contribution < -0.4 is 0 Å². The van der Waals surface area contributed by atoms with Crippen molar-refractivity contribution >= 4 is 5.97 Å². The van der Waals surface area contributed by atoms with Gasteiger partial charge in [-0.25, -0.2) is 4.98 Å². The molecule has 1 rings (SSSR count). The van der Waals surface area contributed by atoms with Crippen molar-refractivity contribution in [3.8, 4) is 0 Å². The smallest absolute Gasteiger partial charge is 0.312 e. The van der Waals surface area contributed by atoms with Crippen LogP contribution in [-0.2, 0) is 11.3 Å². The van der Waals surface area contributed by atoms with Gasteiger partial charge in [0.25, 0.3) is 0 Å². The number of aromatic nitrogens is 2. The third kappa shape index (κ3) is 1.95. The molecule has 0 spiro atoms. The molecule has 1 aromatic heterocycles. The Morgan fingerprint density at radius 2 is 2.29 bits per heavy atom. The molecule has 0 saturated carbocycles. The zero-order valence-corrected chi connectivity index (χ0v) is 8.77. The average Bonchev–Trinajstić information content (AvgIpc) is 2.51. The summed E-state index contributed by atoms with van der Waals surface area (Å²) in [5, 5.41) is 9.09. The predicted octanol–water partition coefficient (Wildman–Crippen LogP) is 1.73. The summed E-state index contributed by atoms with van der Waals surface area (Å²) in [6, 6.07) is 0. The lowest BCUT2D eigenvalue weighted by atomic mass is 9.93. The Bertz CT molecular complexity index is 318. The Morgan fingerprint density at radius 3 is 2.71 bits per heavy atom. The molecule has 0 saturated heterocycles. The van der Waals surface area contributed by atoms with E-state index < -0.39 is 11.9 Å². The van der Waals surface area contributed by atoms with E-state index in [4.69, 9.17) is 5.11 Å². The minimum atomic E-state index is -0.782. The lowest BCUT2D eigenvalue weighted by molar-refractivity contribution is -0.140. The van der Waals surface area contributed by atoms with Crippen molar-refractivity contribution in [2.75, 3.05) is 0 Å². The van der Waals surface area contributed by atoms with Crippen LogP contribution >= 0.6 is 0 Å². The highest BCUT2D eigenvalue weighted by Crippen LogP contribution is 2.24. The van der Waals surface area contributed by atoms with Crippen LogP contribution in [0.4, 0.5) is 0 Å². The third-order valence-electron chi connectivity index (χ3n) is 2.34. The van der Waals surface area contributed by atoms with Crippen LogP contribution in [-0.4, -0.2) is 20.6 Å². The highest BCUT2D eigenvalue weighted by molar-refractivity contribution is 5.75. The van der Waals surface area contributed by atoms with Crippen LogP contribution in [0.3, 0.4) is 0 Å². The van der Waals surface area contributed by atoms with Gasteiger partial charge in [0.1, 0.15) is 5.92 Å². The largest absolute Gasteiger partial charge is 0.481 e. The fraction of sp³-hybridized carbons (Fsp3) is 0.600. The molecule has 78 valence electrons. The first kappa shape index (κ1) is 10.8. The molecule has 1 atom stereocenters. The van der Waals surface area contributed by atoms with Crippen molar-refractivity contribution in [3.05, 3.63) is 18.2 Å². The van der Waals surface area contributed by atoms with Gasteiger partial charge in [0.15, 0.2) is 0 Å². The molecule has 0 aliphatic carbocycles. The van der Waals surface area contributed by atoms with Crippen LogP contribution in [0.25, 0.3) is 0 Å². The quantitative estimate of drug-likeness (QED) is 0.797. The van der Waals surface area contributed by atoms with Gasteiger partial charge in [-0.3, -0.25) is 4.79 Å². The maximum absolute atomic E-state index is 11.1. The molecule has 0 aliphatic heterocycles. The van der Waals surface area contributed by atoms with Gasteiger partial charge >= 0.3 is 5.97 Å². The summed E-state index contributed by atoms with van der Waals surface area (Å²) in [6.07, 6.45) is 3.32. The molecular formula is C10H16N2O2. The lowest BCUT2D eigenvalue weighted by Crippen LogP contribution is -2.20. The molecule has 4 heteroatoms. The maximum Gasteiger partial charge on any atom is 0.312 e. The summed E-state index contributed by atoms with van der Waals surface area (Å²) in [4.78, 5) is 15.0. The number of aryl methyl sites for hydroxylation is 1. The van der Waals surface area contributed by atoms with Crippen molar-refractivity contribution in [2.45, 2.75) is 33.2 Å². The Hall–Kier alpha value is -1.32. The Morgan fingerprint density at radius 1 is 1.64 bits per heavy atom. The number of aliphatic carboxylic acids is 1. The number of hydrogen-bond donors (Lipinski definition) is 1. The van der Waals surface area contributed by atoms with E-state index in [1.807, 2.05) is 25.3 Å². The summed E-state index contributed by atoms with van der Waals surface area (Å²) in [7, 11) is 0. The van der Waals surface area contributed by atoms with Gasteiger partial charge in [-0.1, -0.05) is 13.8 Å². The first-order valence-corrected chi connectivity index (χ1v) is 4.80. The summed E-state index contributed by atoms with van der Waals surface area (Å²) in [5.74, 6) is -1.16. The molecule has 14 heavy (non-hydrogen) atoms. The molecule has 0 bridgehead atoms. The number of carbonyl (C=O) groups is 1. The number of imidazole rings is 1. The maximum atomic E-state index is 11.1. The Labute approximate surface area is 83.6 Å². The van der Waals surface area contributed by atoms with E-state index in [-0.39, 0.29) is 5.92 Å². The average molecular weight is 196 g/mol. The molecule has 1 heterocycles. The van der Waals surface area contributed by atoms with Crippen molar-refractivity contribution in [3.63, 3.8) is 0 Å². The van der Waals surface area contributed by atoms with E-state index in [0.717, 1.165) is 12.2 Å². The van der Waals surface area contributed by atoms with Crippen molar-refractivity contribution in [2.24, 2.45) is 5.92 Å². The summed E-state index contributed by atoms with van der Waals surface area (Å²) in [5.41, 5.74) is 0.787. The fourth-order valence-electron chi connectivity index (χ4n) is 1.61. The van der Waals surface area contributed by atoms with Gasteiger partial charge in [-0.05, 0) is 12.8 Å². The minimum absolute atomic E-state index is 0.0782. The van der Waals surface area contributed by atoms with Gasteiger partial charge in [0.05, 0.1) is 12.0 Å². The number of hydrogen-bond acceptors (Lipinski definition) is 2. The van der Waals surface area contributed by atoms with Crippen LogP contribution in [0, 0.1) is 5.92 Å². The van der Waals surface area contributed by atoms with E-state index in [2.05, 4.69) is 4.98 Å². The molecule has 4 nitrogen and oxygen atoms in total. The molecule has 1 N–H and O–H groups in total. The predicted molar refractivity (Wildman–Crippen MR) is 53.1 cm³/mol. The second-order valence-electron chi connectivity index (χ2n) is 3.66.